The molecule has 1 atom stereocenters. The second kappa shape index (κ2) is 6.63. The summed E-state index contributed by atoms with van der Waals surface area (Å²) in [6.07, 6.45) is 4.38. The minimum Gasteiger partial charge on any atom is -0.336 e. The van der Waals surface area contributed by atoms with Crippen molar-refractivity contribution >= 4 is 5.91 Å². The van der Waals surface area contributed by atoms with E-state index in [1.54, 1.807) is 24.5 Å². The van der Waals surface area contributed by atoms with Crippen molar-refractivity contribution in [3.05, 3.63) is 30.1 Å². The van der Waals surface area contributed by atoms with Crippen LogP contribution < -0.4 is 5.73 Å². The summed E-state index contributed by atoms with van der Waals surface area (Å²) in [4.78, 5) is 20.5. The molecule has 5 heteroatoms. The predicted molar refractivity (Wildman–Crippen MR) is 74.8 cm³/mol. The number of hydrogen-bond donors (Lipinski definition) is 1. The molecule has 1 aliphatic heterocycles. The molecule has 2 heterocycles. The van der Waals surface area contributed by atoms with Crippen molar-refractivity contribution in [2.45, 2.75) is 19.4 Å². The van der Waals surface area contributed by atoms with Crippen molar-refractivity contribution in [1.29, 1.82) is 0 Å². The molecule has 104 valence electrons. The summed E-state index contributed by atoms with van der Waals surface area (Å²) >= 11 is 0. The number of hydrogen-bond acceptors (Lipinski definition) is 4. The fraction of sp³-hybridized carbons (Fsp3) is 0.571. The first-order valence-corrected chi connectivity index (χ1v) is 6.89. The molecule has 1 aromatic rings. The van der Waals surface area contributed by atoms with Crippen LogP contribution in [0.2, 0.25) is 0 Å². The largest absolute Gasteiger partial charge is 0.336 e. The van der Waals surface area contributed by atoms with Gasteiger partial charge in [-0.2, -0.15) is 0 Å². The number of nitrogens with two attached hydrogens (primary N) is 1. The predicted octanol–water partition coefficient (Wildman–Crippen LogP) is 0.577. The maximum atomic E-state index is 12.3. The van der Waals surface area contributed by atoms with Crippen molar-refractivity contribution in [3.8, 4) is 0 Å². The smallest absolute Gasteiger partial charge is 0.254 e. The summed E-state index contributed by atoms with van der Waals surface area (Å²) < 4.78 is 0. The van der Waals surface area contributed by atoms with E-state index in [9.17, 15) is 4.79 Å². The van der Waals surface area contributed by atoms with Crippen LogP contribution in [-0.4, -0.2) is 59.5 Å². The van der Waals surface area contributed by atoms with Gasteiger partial charge in [-0.25, -0.2) is 0 Å². The average molecular weight is 262 g/mol. The van der Waals surface area contributed by atoms with Gasteiger partial charge in [0, 0.05) is 56.7 Å². The number of carbonyl (C=O) groups is 1. The maximum absolute atomic E-state index is 12.3. The van der Waals surface area contributed by atoms with Crippen molar-refractivity contribution in [3.63, 3.8) is 0 Å². The standard InChI is InChI=1S/C14H22N4O/c1-2-13(11-15)17-7-9-18(10-8-17)14(19)12-3-5-16-6-4-12/h3-6,13H,2,7-11,15H2,1H3. The Morgan fingerprint density at radius 1 is 1.32 bits per heavy atom. The highest BCUT2D eigenvalue weighted by Gasteiger charge is 2.25. The van der Waals surface area contributed by atoms with E-state index < -0.39 is 0 Å². The number of piperazine rings is 1. The number of carbonyl (C=O) groups excluding carboxylic acids is 1. The lowest BCUT2D eigenvalue weighted by atomic mass is 10.1. The molecule has 0 spiro atoms. The van der Waals surface area contributed by atoms with Crippen LogP contribution in [0.1, 0.15) is 23.7 Å². The molecule has 2 rings (SSSR count). The summed E-state index contributed by atoms with van der Waals surface area (Å²) in [5.74, 6) is 0.0999. The van der Waals surface area contributed by atoms with Crippen LogP contribution in [0.4, 0.5) is 0 Å². The third kappa shape index (κ3) is 3.30. The van der Waals surface area contributed by atoms with Crippen LogP contribution in [0, 0.1) is 0 Å². The fourth-order valence-electron chi connectivity index (χ4n) is 2.54. The lowest BCUT2D eigenvalue weighted by Gasteiger charge is -2.38. The van der Waals surface area contributed by atoms with Gasteiger partial charge in [0.15, 0.2) is 0 Å². The Morgan fingerprint density at radius 2 is 1.95 bits per heavy atom. The number of aromatic nitrogens is 1. The normalized spacial score (nSPS) is 18.3. The quantitative estimate of drug-likeness (QED) is 0.862. The molecule has 1 aliphatic rings. The van der Waals surface area contributed by atoms with Gasteiger partial charge < -0.3 is 10.6 Å². The third-order valence-corrected chi connectivity index (χ3v) is 3.79. The third-order valence-electron chi connectivity index (χ3n) is 3.79. The molecule has 1 saturated heterocycles. The highest BCUT2D eigenvalue weighted by Crippen LogP contribution is 2.11. The summed E-state index contributed by atoms with van der Waals surface area (Å²) in [6, 6.07) is 3.98. The molecule has 0 aliphatic carbocycles. The van der Waals surface area contributed by atoms with Crippen molar-refractivity contribution in [2.75, 3.05) is 32.7 Å². The molecule has 0 aromatic carbocycles. The SMILES string of the molecule is CCC(CN)N1CCN(C(=O)c2ccncc2)CC1. The summed E-state index contributed by atoms with van der Waals surface area (Å²) in [5.41, 5.74) is 6.49. The lowest BCUT2D eigenvalue weighted by Crippen LogP contribution is -2.53. The number of nitrogens with zero attached hydrogens (tertiary/aromatic N) is 3. The molecule has 5 nitrogen and oxygen atoms in total. The Kier molecular flexibility index (Phi) is 4.87. The first kappa shape index (κ1) is 14.0. The minimum atomic E-state index is 0.0999. The highest BCUT2D eigenvalue weighted by atomic mass is 16.2. The van der Waals surface area contributed by atoms with Crippen LogP contribution >= 0.6 is 0 Å². The molecule has 0 radical (unpaired) electrons. The van der Waals surface area contributed by atoms with Crippen molar-refractivity contribution < 1.29 is 4.79 Å². The van der Waals surface area contributed by atoms with E-state index in [0.717, 1.165) is 32.6 Å². The molecule has 1 aromatic heterocycles. The molecule has 1 amide bonds. The average Bonchev–Trinajstić information content (AvgIpc) is 2.49. The minimum absolute atomic E-state index is 0.0999. The van der Waals surface area contributed by atoms with Gasteiger partial charge in [0.1, 0.15) is 0 Å². The first-order chi connectivity index (χ1) is 9.26. The second-order valence-corrected chi connectivity index (χ2v) is 4.86. The molecule has 19 heavy (non-hydrogen) atoms. The fourth-order valence-corrected chi connectivity index (χ4v) is 2.54. The zero-order chi connectivity index (χ0) is 13.7. The van der Waals surface area contributed by atoms with Crippen LogP contribution in [0.25, 0.3) is 0 Å². The molecule has 1 fully saturated rings. The van der Waals surface area contributed by atoms with E-state index in [2.05, 4.69) is 16.8 Å². The van der Waals surface area contributed by atoms with Gasteiger partial charge >= 0.3 is 0 Å². The zero-order valence-electron chi connectivity index (χ0n) is 11.5. The van der Waals surface area contributed by atoms with Gasteiger partial charge in [-0.3, -0.25) is 14.7 Å². The lowest BCUT2D eigenvalue weighted by molar-refractivity contribution is 0.0571. The van der Waals surface area contributed by atoms with E-state index in [4.69, 9.17) is 5.73 Å². The van der Waals surface area contributed by atoms with E-state index in [1.807, 2.05) is 4.90 Å². The highest BCUT2D eigenvalue weighted by molar-refractivity contribution is 5.94. The van der Waals surface area contributed by atoms with Gasteiger partial charge in [0.05, 0.1) is 0 Å². The van der Waals surface area contributed by atoms with E-state index >= 15 is 0 Å². The van der Waals surface area contributed by atoms with Crippen molar-refractivity contribution in [1.82, 2.24) is 14.8 Å². The van der Waals surface area contributed by atoms with Crippen LogP contribution in [0.5, 0.6) is 0 Å². The molecular weight excluding hydrogens is 240 g/mol. The van der Waals surface area contributed by atoms with Crippen LogP contribution in [-0.2, 0) is 0 Å². The molecule has 2 N–H and O–H groups in total. The van der Waals surface area contributed by atoms with Crippen LogP contribution in [0.3, 0.4) is 0 Å². The molecule has 1 unspecified atom stereocenters. The van der Waals surface area contributed by atoms with Gasteiger partial charge in [0.2, 0.25) is 0 Å². The Hall–Kier alpha value is -1.46. The number of pyridine rings is 1. The number of rotatable bonds is 4. The Balaban J connectivity index is 1.91. The van der Waals surface area contributed by atoms with Crippen molar-refractivity contribution in [2.24, 2.45) is 5.73 Å². The molecular formula is C14H22N4O. The summed E-state index contributed by atoms with van der Waals surface area (Å²) in [6.45, 7) is 6.22. The van der Waals surface area contributed by atoms with Gasteiger partial charge in [-0.05, 0) is 18.6 Å². The van der Waals surface area contributed by atoms with E-state index in [1.165, 1.54) is 0 Å². The zero-order valence-corrected chi connectivity index (χ0v) is 11.5. The Labute approximate surface area is 114 Å². The summed E-state index contributed by atoms with van der Waals surface area (Å²) in [7, 11) is 0. The Morgan fingerprint density at radius 3 is 2.47 bits per heavy atom. The molecule has 0 bridgehead atoms. The van der Waals surface area contributed by atoms with Gasteiger partial charge in [-0.1, -0.05) is 6.92 Å². The van der Waals surface area contributed by atoms with Gasteiger partial charge in [-0.15, -0.1) is 0 Å². The number of amides is 1. The summed E-state index contributed by atoms with van der Waals surface area (Å²) in [5, 5.41) is 0. The second-order valence-electron chi connectivity index (χ2n) is 4.86. The van der Waals surface area contributed by atoms with E-state index in [-0.39, 0.29) is 5.91 Å². The Bertz CT molecular complexity index is 397. The maximum Gasteiger partial charge on any atom is 0.254 e. The monoisotopic (exact) mass is 262 g/mol. The van der Waals surface area contributed by atoms with Gasteiger partial charge in [0.25, 0.3) is 5.91 Å². The molecule has 0 saturated carbocycles. The van der Waals surface area contributed by atoms with E-state index in [0.29, 0.717) is 18.2 Å². The first-order valence-electron chi connectivity index (χ1n) is 6.89. The topological polar surface area (TPSA) is 62.5 Å². The van der Waals surface area contributed by atoms with Crippen LogP contribution in [0.15, 0.2) is 24.5 Å².